The Morgan fingerprint density at radius 1 is 1.08 bits per heavy atom. The summed E-state index contributed by atoms with van der Waals surface area (Å²) >= 11 is 0. The number of hydrogen-bond acceptors (Lipinski definition) is 3. The fourth-order valence-electron chi connectivity index (χ4n) is 2.48. The molecule has 1 amide bonds. The van der Waals surface area contributed by atoms with Crippen LogP contribution in [0.4, 0.5) is 0 Å². The van der Waals surface area contributed by atoms with Gasteiger partial charge in [0, 0.05) is 6.54 Å². The minimum Gasteiger partial charge on any atom is -0.494 e. The van der Waals surface area contributed by atoms with Crippen molar-refractivity contribution in [2.45, 2.75) is 46.8 Å². The van der Waals surface area contributed by atoms with Crippen molar-refractivity contribution in [1.29, 1.82) is 0 Å². The number of amides is 1. The molecule has 4 heteroatoms. The molecular formula is C21H27NO3. The van der Waals surface area contributed by atoms with Crippen molar-refractivity contribution in [3.63, 3.8) is 0 Å². The molecular weight excluding hydrogens is 314 g/mol. The van der Waals surface area contributed by atoms with Crippen molar-refractivity contribution in [1.82, 2.24) is 5.32 Å². The highest BCUT2D eigenvalue weighted by Gasteiger charge is 2.19. The molecule has 0 saturated carbocycles. The van der Waals surface area contributed by atoms with Crippen LogP contribution in [0.1, 0.15) is 37.0 Å². The van der Waals surface area contributed by atoms with E-state index in [9.17, 15) is 4.79 Å². The first-order chi connectivity index (χ1) is 12.0. The standard InChI is InChI=1S/C21H27NO3/c1-5-19(25-20-13-15(3)7-8-16(20)4)21(23)22-14-17-9-11-18(12-10-17)24-6-2/h7-13,19H,5-6,14H2,1-4H3,(H,22,23)/t19-/m0/s1. The number of ether oxygens (including phenoxy) is 2. The minimum atomic E-state index is -0.497. The van der Waals surface area contributed by atoms with Gasteiger partial charge in [-0.25, -0.2) is 0 Å². The largest absolute Gasteiger partial charge is 0.494 e. The molecule has 1 N–H and O–H groups in total. The van der Waals surface area contributed by atoms with Crippen molar-refractivity contribution in [3.05, 3.63) is 59.2 Å². The number of nitrogens with one attached hydrogen (secondary N) is 1. The molecule has 0 spiro atoms. The molecule has 1 atom stereocenters. The fraction of sp³-hybridized carbons (Fsp3) is 0.381. The monoisotopic (exact) mass is 341 g/mol. The van der Waals surface area contributed by atoms with Crippen LogP contribution in [0.25, 0.3) is 0 Å². The predicted molar refractivity (Wildman–Crippen MR) is 100 cm³/mol. The molecule has 2 aromatic rings. The zero-order chi connectivity index (χ0) is 18.2. The molecule has 0 aliphatic rings. The van der Waals surface area contributed by atoms with E-state index in [1.165, 1.54) is 0 Å². The molecule has 0 aliphatic carbocycles. The Kier molecular flexibility index (Phi) is 6.87. The zero-order valence-corrected chi connectivity index (χ0v) is 15.5. The lowest BCUT2D eigenvalue weighted by atomic mass is 10.1. The molecule has 25 heavy (non-hydrogen) atoms. The van der Waals surface area contributed by atoms with Gasteiger partial charge in [-0.15, -0.1) is 0 Å². The van der Waals surface area contributed by atoms with Crippen LogP contribution in [0.5, 0.6) is 11.5 Å². The Balaban J connectivity index is 1.94. The minimum absolute atomic E-state index is 0.0997. The molecule has 0 fully saturated rings. The van der Waals surface area contributed by atoms with E-state index in [2.05, 4.69) is 5.32 Å². The Bertz CT molecular complexity index is 695. The second kappa shape index (κ2) is 9.11. The first-order valence-electron chi connectivity index (χ1n) is 8.76. The summed E-state index contributed by atoms with van der Waals surface area (Å²) in [6, 6.07) is 13.8. The van der Waals surface area contributed by atoms with Gasteiger partial charge in [0.1, 0.15) is 11.5 Å². The van der Waals surface area contributed by atoms with E-state index in [1.54, 1.807) is 0 Å². The van der Waals surface area contributed by atoms with Gasteiger partial charge in [0.05, 0.1) is 6.61 Å². The van der Waals surface area contributed by atoms with Crippen LogP contribution in [-0.4, -0.2) is 18.6 Å². The summed E-state index contributed by atoms with van der Waals surface area (Å²) in [5.41, 5.74) is 3.17. The summed E-state index contributed by atoms with van der Waals surface area (Å²) in [6.45, 7) is 9.02. The van der Waals surface area contributed by atoms with Gasteiger partial charge in [-0.05, 0) is 62.1 Å². The molecule has 0 unspecified atom stereocenters. The predicted octanol–water partition coefficient (Wildman–Crippen LogP) is 4.18. The first-order valence-corrected chi connectivity index (χ1v) is 8.76. The maximum atomic E-state index is 12.5. The molecule has 0 saturated heterocycles. The van der Waals surface area contributed by atoms with Crippen molar-refractivity contribution >= 4 is 5.91 Å². The smallest absolute Gasteiger partial charge is 0.261 e. The number of benzene rings is 2. The Hall–Kier alpha value is -2.49. The van der Waals surface area contributed by atoms with Gasteiger partial charge >= 0.3 is 0 Å². The summed E-state index contributed by atoms with van der Waals surface area (Å²) in [5.74, 6) is 1.50. The molecule has 134 valence electrons. The first kappa shape index (κ1) is 18.8. The van der Waals surface area contributed by atoms with Gasteiger partial charge < -0.3 is 14.8 Å². The van der Waals surface area contributed by atoms with Crippen LogP contribution in [-0.2, 0) is 11.3 Å². The number of carbonyl (C=O) groups is 1. The van der Waals surface area contributed by atoms with Gasteiger partial charge in [-0.1, -0.05) is 31.2 Å². The van der Waals surface area contributed by atoms with E-state index in [4.69, 9.17) is 9.47 Å². The molecule has 2 rings (SSSR count). The molecule has 2 aromatic carbocycles. The highest BCUT2D eigenvalue weighted by atomic mass is 16.5. The number of carbonyl (C=O) groups excluding carboxylic acids is 1. The lowest BCUT2D eigenvalue weighted by molar-refractivity contribution is -0.128. The van der Waals surface area contributed by atoms with E-state index in [-0.39, 0.29) is 5.91 Å². The van der Waals surface area contributed by atoms with Crippen molar-refractivity contribution < 1.29 is 14.3 Å². The van der Waals surface area contributed by atoms with Crippen LogP contribution < -0.4 is 14.8 Å². The Labute approximate surface area is 150 Å². The highest BCUT2D eigenvalue weighted by molar-refractivity contribution is 5.81. The zero-order valence-electron chi connectivity index (χ0n) is 15.5. The SMILES string of the molecule is CCOc1ccc(CNC(=O)[C@H](CC)Oc2cc(C)ccc2C)cc1. The molecule has 0 bridgehead atoms. The van der Waals surface area contributed by atoms with Crippen LogP contribution in [0, 0.1) is 13.8 Å². The topological polar surface area (TPSA) is 47.6 Å². The Morgan fingerprint density at radius 2 is 1.80 bits per heavy atom. The molecule has 0 heterocycles. The van der Waals surface area contributed by atoms with Crippen molar-refractivity contribution in [2.24, 2.45) is 0 Å². The number of rotatable bonds is 8. The number of hydrogen-bond donors (Lipinski definition) is 1. The van der Waals surface area contributed by atoms with Crippen molar-refractivity contribution in [2.75, 3.05) is 6.61 Å². The maximum absolute atomic E-state index is 12.5. The van der Waals surface area contributed by atoms with Gasteiger partial charge in [0.15, 0.2) is 6.10 Å². The van der Waals surface area contributed by atoms with Gasteiger partial charge in [0.2, 0.25) is 0 Å². The lowest BCUT2D eigenvalue weighted by Gasteiger charge is -2.19. The molecule has 0 aliphatic heterocycles. The van der Waals surface area contributed by atoms with E-state index in [1.807, 2.05) is 70.2 Å². The second-order valence-corrected chi connectivity index (χ2v) is 6.08. The van der Waals surface area contributed by atoms with Crippen LogP contribution in [0.2, 0.25) is 0 Å². The maximum Gasteiger partial charge on any atom is 0.261 e. The van der Waals surface area contributed by atoms with Gasteiger partial charge in [-0.3, -0.25) is 4.79 Å². The third-order valence-corrected chi connectivity index (χ3v) is 3.98. The summed E-state index contributed by atoms with van der Waals surface area (Å²) < 4.78 is 11.4. The summed E-state index contributed by atoms with van der Waals surface area (Å²) in [5, 5.41) is 2.95. The number of aryl methyl sites for hydroxylation is 2. The van der Waals surface area contributed by atoms with Crippen LogP contribution >= 0.6 is 0 Å². The second-order valence-electron chi connectivity index (χ2n) is 6.08. The van der Waals surface area contributed by atoms with Crippen molar-refractivity contribution in [3.8, 4) is 11.5 Å². The van der Waals surface area contributed by atoms with Gasteiger partial charge in [-0.2, -0.15) is 0 Å². The lowest BCUT2D eigenvalue weighted by Crippen LogP contribution is -2.37. The average Bonchev–Trinajstić information content (AvgIpc) is 2.61. The molecule has 0 radical (unpaired) electrons. The highest BCUT2D eigenvalue weighted by Crippen LogP contribution is 2.21. The fourth-order valence-corrected chi connectivity index (χ4v) is 2.48. The van der Waals surface area contributed by atoms with E-state index < -0.39 is 6.10 Å². The summed E-state index contributed by atoms with van der Waals surface area (Å²) in [6.07, 6.45) is 0.117. The molecule has 0 aromatic heterocycles. The van der Waals surface area contributed by atoms with Crippen LogP contribution in [0.3, 0.4) is 0 Å². The summed E-state index contributed by atoms with van der Waals surface area (Å²) in [4.78, 5) is 12.5. The third kappa shape index (κ3) is 5.52. The Morgan fingerprint density at radius 3 is 2.44 bits per heavy atom. The normalized spacial score (nSPS) is 11.7. The quantitative estimate of drug-likeness (QED) is 0.784. The van der Waals surface area contributed by atoms with E-state index >= 15 is 0 Å². The van der Waals surface area contributed by atoms with Crippen LogP contribution in [0.15, 0.2) is 42.5 Å². The third-order valence-electron chi connectivity index (χ3n) is 3.98. The summed E-state index contributed by atoms with van der Waals surface area (Å²) in [7, 11) is 0. The molecule has 4 nitrogen and oxygen atoms in total. The van der Waals surface area contributed by atoms with E-state index in [0.717, 1.165) is 28.2 Å². The average molecular weight is 341 g/mol. The van der Waals surface area contributed by atoms with E-state index in [0.29, 0.717) is 19.6 Å². The van der Waals surface area contributed by atoms with Gasteiger partial charge in [0.25, 0.3) is 5.91 Å².